The van der Waals surface area contributed by atoms with E-state index in [0.717, 1.165) is 5.01 Å². The number of alkyl halides is 1. The highest BCUT2D eigenvalue weighted by Crippen LogP contribution is 2.32. The van der Waals surface area contributed by atoms with Crippen LogP contribution < -0.4 is 0 Å². The van der Waals surface area contributed by atoms with Crippen LogP contribution in [0, 0.1) is 0 Å². The molecule has 0 spiro atoms. The number of halogens is 1. The minimum absolute atomic E-state index is 0.0356. The van der Waals surface area contributed by atoms with Crippen molar-refractivity contribution in [1.29, 1.82) is 0 Å². The van der Waals surface area contributed by atoms with Crippen LogP contribution in [0.4, 0.5) is 0 Å². The first kappa shape index (κ1) is 13.0. The van der Waals surface area contributed by atoms with Gasteiger partial charge in [-0.15, -0.1) is 22.9 Å². The number of rotatable bonds is 3. The Kier molecular flexibility index (Phi) is 4.99. The molecule has 0 aliphatic heterocycles. The zero-order valence-corrected chi connectivity index (χ0v) is 11.5. The number of carbonyl (C=O) groups excluding carboxylic acids is 1. The zero-order chi connectivity index (χ0) is 12.1. The van der Waals surface area contributed by atoms with Gasteiger partial charge in [-0.1, -0.05) is 32.1 Å². The van der Waals surface area contributed by atoms with E-state index in [4.69, 9.17) is 11.6 Å². The van der Waals surface area contributed by atoms with Crippen molar-refractivity contribution >= 4 is 28.7 Å². The Morgan fingerprint density at radius 2 is 1.94 bits per heavy atom. The maximum Gasteiger partial charge on any atom is 0.196 e. The number of Topliss-reactive ketones (excluding diaryl/α,β-unsaturated/α-hetero) is 1. The van der Waals surface area contributed by atoms with Gasteiger partial charge < -0.3 is 0 Å². The summed E-state index contributed by atoms with van der Waals surface area (Å²) in [6.07, 6.45) is 9.10. The van der Waals surface area contributed by atoms with Gasteiger partial charge in [0.05, 0.1) is 10.9 Å². The number of hydrogen-bond donors (Lipinski definition) is 0. The van der Waals surface area contributed by atoms with E-state index >= 15 is 0 Å². The van der Waals surface area contributed by atoms with Crippen molar-refractivity contribution in [3.05, 3.63) is 16.1 Å². The molecule has 1 fully saturated rings. The second kappa shape index (κ2) is 6.50. The Morgan fingerprint density at radius 3 is 2.59 bits per heavy atom. The fraction of sp³-hybridized carbons (Fsp3) is 0.692. The molecule has 1 aromatic heterocycles. The Labute approximate surface area is 111 Å². The molecule has 1 heterocycles. The van der Waals surface area contributed by atoms with Crippen molar-refractivity contribution in [1.82, 2.24) is 4.98 Å². The molecule has 0 N–H and O–H groups in total. The van der Waals surface area contributed by atoms with Gasteiger partial charge in [0, 0.05) is 11.3 Å². The molecule has 0 bridgehead atoms. The number of carbonyl (C=O) groups is 1. The normalized spacial score (nSPS) is 18.6. The van der Waals surface area contributed by atoms with Crippen LogP contribution in [0.2, 0.25) is 0 Å². The van der Waals surface area contributed by atoms with Crippen LogP contribution in [0.1, 0.15) is 66.4 Å². The van der Waals surface area contributed by atoms with Gasteiger partial charge in [-0.05, 0) is 12.8 Å². The van der Waals surface area contributed by atoms with E-state index in [-0.39, 0.29) is 11.7 Å². The lowest BCUT2D eigenvalue weighted by Gasteiger charge is -2.17. The maximum absolute atomic E-state index is 11.4. The summed E-state index contributed by atoms with van der Waals surface area (Å²) in [5, 5.41) is 3.00. The summed E-state index contributed by atoms with van der Waals surface area (Å²) in [6, 6.07) is 0. The number of thiazole rings is 1. The second-order valence-corrected chi connectivity index (χ2v) is 5.83. The SMILES string of the molecule is O=C(CCl)c1csc(C2CCCCCCC2)n1. The summed E-state index contributed by atoms with van der Waals surface area (Å²) in [5.41, 5.74) is 0.557. The smallest absolute Gasteiger partial charge is 0.196 e. The van der Waals surface area contributed by atoms with E-state index in [1.807, 2.05) is 5.38 Å². The van der Waals surface area contributed by atoms with Gasteiger partial charge in [0.15, 0.2) is 5.78 Å². The van der Waals surface area contributed by atoms with E-state index in [9.17, 15) is 4.79 Å². The van der Waals surface area contributed by atoms with Crippen molar-refractivity contribution in [2.45, 2.75) is 50.9 Å². The maximum atomic E-state index is 11.4. The summed E-state index contributed by atoms with van der Waals surface area (Å²) in [5.74, 6) is 0.547. The molecule has 2 nitrogen and oxygen atoms in total. The van der Waals surface area contributed by atoms with Gasteiger partial charge in [-0.2, -0.15) is 0 Å². The van der Waals surface area contributed by atoms with E-state index in [1.165, 1.54) is 44.9 Å². The van der Waals surface area contributed by atoms with E-state index in [1.54, 1.807) is 11.3 Å². The third kappa shape index (κ3) is 3.52. The molecule has 17 heavy (non-hydrogen) atoms. The number of nitrogens with zero attached hydrogens (tertiary/aromatic N) is 1. The van der Waals surface area contributed by atoms with E-state index < -0.39 is 0 Å². The molecule has 0 unspecified atom stereocenters. The highest BCUT2D eigenvalue weighted by atomic mass is 35.5. The van der Waals surface area contributed by atoms with Gasteiger partial charge in [0.2, 0.25) is 0 Å². The monoisotopic (exact) mass is 271 g/mol. The molecule has 0 radical (unpaired) electrons. The second-order valence-electron chi connectivity index (χ2n) is 4.67. The Morgan fingerprint density at radius 1 is 1.29 bits per heavy atom. The van der Waals surface area contributed by atoms with Crippen LogP contribution in [0.5, 0.6) is 0 Å². The lowest BCUT2D eigenvalue weighted by Crippen LogP contribution is -2.04. The van der Waals surface area contributed by atoms with Crippen molar-refractivity contribution in [2.75, 3.05) is 5.88 Å². The van der Waals surface area contributed by atoms with Crippen molar-refractivity contribution in [3.63, 3.8) is 0 Å². The minimum Gasteiger partial charge on any atom is -0.291 e. The molecule has 0 atom stereocenters. The summed E-state index contributed by atoms with van der Waals surface area (Å²) in [7, 11) is 0. The number of aromatic nitrogens is 1. The van der Waals surface area contributed by atoms with Crippen molar-refractivity contribution in [2.24, 2.45) is 0 Å². The van der Waals surface area contributed by atoms with Gasteiger partial charge in [0.25, 0.3) is 0 Å². The molecule has 4 heteroatoms. The zero-order valence-electron chi connectivity index (χ0n) is 9.95. The van der Waals surface area contributed by atoms with E-state index in [0.29, 0.717) is 11.6 Å². The fourth-order valence-corrected chi connectivity index (χ4v) is 3.51. The van der Waals surface area contributed by atoms with Crippen LogP contribution in [0.3, 0.4) is 0 Å². The largest absolute Gasteiger partial charge is 0.291 e. The van der Waals surface area contributed by atoms with Crippen LogP contribution in [0.25, 0.3) is 0 Å². The van der Waals surface area contributed by atoms with Gasteiger partial charge in [-0.25, -0.2) is 4.98 Å². The average Bonchev–Trinajstić information content (AvgIpc) is 2.77. The first-order valence-corrected chi connectivity index (χ1v) is 7.77. The molecule has 0 amide bonds. The summed E-state index contributed by atoms with van der Waals surface area (Å²) < 4.78 is 0. The standard InChI is InChI=1S/C13H18ClNOS/c14-8-12(16)11-9-17-13(15-11)10-6-4-2-1-3-5-7-10/h9-10H,1-8H2. The Bertz CT molecular complexity index is 369. The predicted molar refractivity (Wildman–Crippen MR) is 72.2 cm³/mol. The molecule has 0 saturated heterocycles. The molecule has 1 aliphatic carbocycles. The van der Waals surface area contributed by atoms with Gasteiger partial charge in [-0.3, -0.25) is 4.79 Å². The lowest BCUT2D eigenvalue weighted by atomic mass is 9.92. The summed E-state index contributed by atoms with van der Waals surface area (Å²) in [4.78, 5) is 15.9. The van der Waals surface area contributed by atoms with Crippen LogP contribution in [-0.4, -0.2) is 16.6 Å². The number of hydrogen-bond acceptors (Lipinski definition) is 3. The first-order valence-electron chi connectivity index (χ1n) is 6.36. The summed E-state index contributed by atoms with van der Waals surface area (Å²) in [6.45, 7) is 0. The van der Waals surface area contributed by atoms with Crippen LogP contribution in [-0.2, 0) is 0 Å². The Hall–Kier alpha value is -0.410. The molecule has 1 aliphatic rings. The number of ketones is 1. The topological polar surface area (TPSA) is 30.0 Å². The first-order chi connectivity index (χ1) is 8.31. The predicted octanol–water partition coefficient (Wildman–Crippen LogP) is 4.39. The third-order valence-electron chi connectivity index (χ3n) is 3.38. The Balaban J connectivity index is 2.04. The molecule has 94 valence electrons. The van der Waals surface area contributed by atoms with Crippen LogP contribution >= 0.6 is 22.9 Å². The van der Waals surface area contributed by atoms with Gasteiger partial charge >= 0.3 is 0 Å². The fourth-order valence-electron chi connectivity index (χ4n) is 2.37. The highest BCUT2D eigenvalue weighted by molar-refractivity contribution is 7.10. The lowest BCUT2D eigenvalue weighted by molar-refractivity contribution is 0.101. The minimum atomic E-state index is -0.0555. The third-order valence-corrected chi connectivity index (χ3v) is 4.63. The average molecular weight is 272 g/mol. The summed E-state index contributed by atoms with van der Waals surface area (Å²) >= 11 is 7.17. The van der Waals surface area contributed by atoms with E-state index in [2.05, 4.69) is 4.98 Å². The molecule has 1 saturated carbocycles. The molecular weight excluding hydrogens is 254 g/mol. The van der Waals surface area contributed by atoms with Crippen molar-refractivity contribution < 1.29 is 4.79 Å². The molecule has 1 aromatic rings. The quantitative estimate of drug-likeness (QED) is 0.603. The highest BCUT2D eigenvalue weighted by Gasteiger charge is 2.18. The molecule has 2 rings (SSSR count). The molecule has 0 aromatic carbocycles. The van der Waals surface area contributed by atoms with Gasteiger partial charge in [0.1, 0.15) is 5.69 Å². The van der Waals surface area contributed by atoms with Crippen LogP contribution in [0.15, 0.2) is 5.38 Å². The van der Waals surface area contributed by atoms with Crippen molar-refractivity contribution in [3.8, 4) is 0 Å². The molecular formula is C13H18ClNOS.